The van der Waals surface area contributed by atoms with E-state index in [2.05, 4.69) is 4.98 Å². The van der Waals surface area contributed by atoms with Crippen LogP contribution in [0.3, 0.4) is 0 Å². The normalized spacial score (nSPS) is 11.8. The van der Waals surface area contributed by atoms with Crippen LogP contribution in [0.15, 0.2) is 52.5 Å². The van der Waals surface area contributed by atoms with Gasteiger partial charge in [-0.3, -0.25) is 4.79 Å². The van der Waals surface area contributed by atoms with Gasteiger partial charge in [-0.15, -0.1) is 0 Å². The molecule has 3 rings (SSSR count). The van der Waals surface area contributed by atoms with Crippen molar-refractivity contribution in [1.82, 2.24) is 9.55 Å². The van der Waals surface area contributed by atoms with Gasteiger partial charge in [0.25, 0.3) is 0 Å². The maximum atomic E-state index is 12.4. The van der Waals surface area contributed by atoms with Gasteiger partial charge in [0.1, 0.15) is 0 Å². The molecule has 0 amide bonds. The Balaban J connectivity index is 1.87. The fourth-order valence-corrected chi connectivity index (χ4v) is 4.14. The second kappa shape index (κ2) is 7.22. The molecule has 1 aromatic heterocycles. The van der Waals surface area contributed by atoms with E-state index in [1.54, 1.807) is 6.07 Å². The van der Waals surface area contributed by atoms with Gasteiger partial charge in [0, 0.05) is 12.1 Å². The van der Waals surface area contributed by atoms with Crippen LogP contribution in [0.25, 0.3) is 11.0 Å². The van der Waals surface area contributed by atoms with E-state index in [-0.39, 0.29) is 16.4 Å². The highest BCUT2D eigenvalue weighted by atomic mass is 32.2. The molecule has 0 aliphatic heterocycles. The standard InChI is InChI=1S/C18H19N3O3S2/c1-3-21-16-9-8-14(26(19,23)24)10-15(16)20-18(21)25-11-17(22)13-6-4-12(2)5-7-13/h4-10H,3,11H2,1-2H3,(H2,19,23,24). The minimum absolute atomic E-state index is 0.0231. The first-order chi connectivity index (χ1) is 12.3. The molecule has 0 fully saturated rings. The van der Waals surface area contributed by atoms with E-state index in [1.807, 2.05) is 42.7 Å². The summed E-state index contributed by atoms with van der Waals surface area (Å²) in [5.41, 5.74) is 3.13. The quantitative estimate of drug-likeness (QED) is 0.516. The zero-order valence-electron chi connectivity index (χ0n) is 14.5. The number of imidazole rings is 1. The fourth-order valence-electron chi connectivity index (χ4n) is 2.63. The number of hydrogen-bond acceptors (Lipinski definition) is 5. The summed E-state index contributed by atoms with van der Waals surface area (Å²) in [5.74, 6) is 0.281. The van der Waals surface area contributed by atoms with Crippen LogP contribution in [0.4, 0.5) is 0 Å². The molecule has 6 nitrogen and oxygen atoms in total. The predicted octanol–water partition coefficient (Wildman–Crippen LogP) is 2.99. The third-order valence-corrected chi connectivity index (χ3v) is 5.92. The van der Waals surface area contributed by atoms with Crippen LogP contribution < -0.4 is 5.14 Å². The Morgan fingerprint density at radius 1 is 1.19 bits per heavy atom. The molecule has 0 aliphatic carbocycles. The van der Waals surface area contributed by atoms with Gasteiger partial charge < -0.3 is 4.57 Å². The highest BCUT2D eigenvalue weighted by Crippen LogP contribution is 2.26. The monoisotopic (exact) mass is 389 g/mol. The Bertz CT molecular complexity index is 1070. The molecule has 0 saturated heterocycles. The third kappa shape index (κ3) is 3.82. The molecule has 0 radical (unpaired) electrons. The molecule has 1 heterocycles. The smallest absolute Gasteiger partial charge is 0.238 e. The number of carbonyl (C=O) groups is 1. The van der Waals surface area contributed by atoms with E-state index in [4.69, 9.17) is 5.14 Å². The zero-order chi connectivity index (χ0) is 18.9. The van der Waals surface area contributed by atoms with E-state index in [0.29, 0.717) is 22.8 Å². The molecular weight excluding hydrogens is 370 g/mol. The van der Waals surface area contributed by atoms with Crippen molar-refractivity contribution in [2.75, 3.05) is 5.75 Å². The van der Waals surface area contributed by atoms with Crippen LogP contribution >= 0.6 is 11.8 Å². The second-order valence-corrected chi connectivity index (χ2v) is 8.42. The molecule has 0 saturated carbocycles. The van der Waals surface area contributed by atoms with Crippen molar-refractivity contribution in [3.8, 4) is 0 Å². The third-order valence-electron chi connectivity index (χ3n) is 4.04. The largest absolute Gasteiger partial charge is 0.319 e. The lowest BCUT2D eigenvalue weighted by atomic mass is 10.1. The minimum Gasteiger partial charge on any atom is -0.319 e. The molecule has 26 heavy (non-hydrogen) atoms. The van der Waals surface area contributed by atoms with Crippen molar-refractivity contribution < 1.29 is 13.2 Å². The SMILES string of the molecule is CCn1c(SCC(=O)c2ccc(C)cc2)nc2cc(S(N)(=O)=O)ccc21. The van der Waals surface area contributed by atoms with Crippen LogP contribution in [0.5, 0.6) is 0 Å². The van der Waals surface area contributed by atoms with Crippen LogP contribution in [0.2, 0.25) is 0 Å². The topological polar surface area (TPSA) is 95.0 Å². The number of carbonyl (C=O) groups excluding carboxylic acids is 1. The summed E-state index contributed by atoms with van der Waals surface area (Å²) in [6.07, 6.45) is 0. The number of rotatable bonds is 6. The predicted molar refractivity (Wildman–Crippen MR) is 103 cm³/mol. The van der Waals surface area contributed by atoms with Gasteiger partial charge in [0.15, 0.2) is 10.9 Å². The number of hydrogen-bond donors (Lipinski definition) is 1. The van der Waals surface area contributed by atoms with Crippen LogP contribution in [0, 0.1) is 6.92 Å². The summed E-state index contributed by atoms with van der Waals surface area (Å²) < 4.78 is 25.0. The summed E-state index contributed by atoms with van der Waals surface area (Å²) in [6, 6.07) is 12.1. The molecule has 0 bridgehead atoms. The first kappa shape index (κ1) is 18.6. The number of primary sulfonamides is 1. The van der Waals surface area contributed by atoms with Gasteiger partial charge in [-0.05, 0) is 32.0 Å². The molecule has 8 heteroatoms. The van der Waals surface area contributed by atoms with Crippen molar-refractivity contribution in [1.29, 1.82) is 0 Å². The van der Waals surface area contributed by atoms with Crippen LogP contribution in [0.1, 0.15) is 22.8 Å². The van der Waals surface area contributed by atoms with Gasteiger partial charge in [0.2, 0.25) is 10.0 Å². The van der Waals surface area contributed by atoms with Gasteiger partial charge in [-0.1, -0.05) is 41.6 Å². The number of Topliss-reactive ketones (excluding diaryl/α,β-unsaturated/α-hetero) is 1. The zero-order valence-corrected chi connectivity index (χ0v) is 16.1. The molecule has 0 aliphatic rings. The summed E-state index contributed by atoms with van der Waals surface area (Å²) in [4.78, 5) is 16.9. The summed E-state index contributed by atoms with van der Waals surface area (Å²) in [6.45, 7) is 4.61. The van der Waals surface area contributed by atoms with E-state index in [9.17, 15) is 13.2 Å². The molecule has 0 unspecified atom stereocenters. The molecule has 0 spiro atoms. The number of sulfonamides is 1. The van der Waals surface area contributed by atoms with Gasteiger partial charge in [-0.2, -0.15) is 0 Å². The highest BCUT2D eigenvalue weighted by Gasteiger charge is 2.16. The Morgan fingerprint density at radius 3 is 2.50 bits per heavy atom. The van der Waals surface area contributed by atoms with Gasteiger partial charge >= 0.3 is 0 Å². The number of aryl methyl sites for hydroxylation is 2. The summed E-state index contributed by atoms with van der Waals surface area (Å²) in [7, 11) is -3.78. The van der Waals surface area contributed by atoms with Gasteiger partial charge in [0.05, 0.1) is 21.7 Å². The van der Waals surface area contributed by atoms with Crippen molar-refractivity contribution in [2.24, 2.45) is 5.14 Å². The fraction of sp³-hybridized carbons (Fsp3) is 0.222. The lowest BCUT2D eigenvalue weighted by Gasteiger charge is -2.06. The van der Waals surface area contributed by atoms with Crippen LogP contribution in [-0.2, 0) is 16.6 Å². The Kier molecular flexibility index (Phi) is 5.17. The van der Waals surface area contributed by atoms with Crippen molar-refractivity contribution in [3.05, 3.63) is 53.6 Å². The first-order valence-electron chi connectivity index (χ1n) is 8.05. The second-order valence-electron chi connectivity index (χ2n) is 5.91. The van der Waals surface area contributed by atoms with Crippen molar-refractivity contribution in [3.63, 3.8) is 0 Å². The first-order valence-corrected chi connectivity index (χ1v) is 10.6. The number of nitrogens with two attached hydrogens (primary N) is 1. The van der Waals surface area contributed by atoms with Crippen molar-refractivity contribution in [2.45, 2.75) is 30.4 Å². The Morgan fingerprint density at radius 2 is 1.88 bits per heavy atom. The molecule has 136 valence electrons. The highest BCUT2D eigenvalue weighted by molar-refractivity contribution is 7.99. The number of thioether (sulfide) groups is 1. The summed E-state index contributed by atoms with van der Waals surface area (Å²) >= 11 is 1.34. The maximum Gasteiger partial charge on any atom is 0.238 e. The maximum absolute atomic E-state index is 12.4. The van der Waals surface area contributed by atoms with E-state index >= 15 is 0 Å². The van der Waals surface area contributed by atoms with E-state index in [1.165, 1.54) is 23.9 Å². The van der Waals surface area contributed by atoms with Gasteiger partial charge in [-0.25, -0.2) is 18.5 Å². The molecule has 2 aromatic carbocycles. The molecule has 3 aromatic rings. The molecule has 0 atom stereocenters. The van der Waals surface area contributed by atoms with Crippen LogP contribution in [-0.4, -0.2) is 29.5 Å². The number of nitrogens with zero attached hydrogens (tertiary/aromatic N) is 2. The minimum atomic E-state index is -3.78. The van der Waals surface area contributed by atoms with Crippen molar-refractivity contribution >= 4 is 38.6 Å². The number of fused-ring (bicyclic) bond motifs is 1. The Hall–Kier alpha value is -2.16. The van der Waals surface area contributed by atoms with E-state index < -0.39 is 10.0 Å². The molecular formula is C18H19N3O3S2. The number of benzene rings is 2. The number of ketones is 1. The Labute approximate surface area is 156 Å². The lowest BCUT2D eigenvalue weighted by molar-refractivity contribution is 0.102. The molecule has 2 N–H and O–H groups in total. The number of aromatic nitrogens is 2. The summed E-state index contributed by atoms with van der Waals surface area (Å²) in [5, 5.41) is 5.86. The average molecular weight is 390 g/mol. The van der Waals surface area contributed by atoms with E-state index in [0.717, 1.165) is 11.1 Å². The lowest BCUT2D eigenvalue weighted by Crippen LogP contribution is -2.11. The average Bonchev–Trinajstić information content (AvgIpc) is 2.96.